The smallest absolute Gasteiger partial charge is 0.0914 e. The standard InChI is InChI=1S/C19H21N3O/c1-15-7-9-16(10-8-15)19(23)14-20-13-17-11-12-22(21-17)18-5-3-2-4-6-18/h2-12,19-20,23H,13-14H2,1H3. The van der Waals surface area contributed by atoms with Gasteiger partial charge >= 0.3 is 0 Å². The third-order valence-electron chi connectivity index (χ3n) is 3.77. The lowest BCUT2D eigenvalue weighted by atomic mass is 10.1. The summed E-state index contributed by atoms with van der Waals surface area (Å²) in [6, 6.07) is 20.0. The summed E-state index contributed by atoms with van der Waals surface area (Å²) in [6.45, 7) is 3.17. The molecular weight excluding hydrogens is 286 g/mol. The summed E-state index contributed by atoms with van der Waals surface area (Å²) in [5.41, 5.74) is 4.11. The molecule has 1 unspecified atom stereocenters. The maximum Gasteiger partial charge on any atom is 0.0914 e. The quantitative estimate of drug-likeness (QED) is 0.736. The molecule has 3 rings (SSSR count). The molecule has 3 aromatic rings. The molecule has 0 radical (unpaired) electrons. The summed E-state index contributed by atoms with van der Waals surface area (Å²) >= 11 is 0. The largest absolute Gasteiger partial charge is 0.387 e. The van der Waals surface area contributed by atoms with E-state index in [0.717, 1.165) is 16.9 Å². The fourth-order valence-electron chi connectivity index (χ4n) is 2.42. The molecule has 2 aromatic carbocycles. The molecule has 4 heteroatoms. The van der Waals surface area contributed by atoms with Crippen LogP contribution in [0, 0.1) is 6.92 Å². The van der Waals surface area contributed by atoms with Crippen molar-refractivity contribution in [2.24, 2.45) is 0 Å². The molecule has 0 amide bonds. The predicted octanol–water partition coefficient (Wildman–Crippen LogP) is 3.00. The van der Waals surface area contributed by atoms with E-state index in [1.54, 1.807) is 0 Å². The molecule has 1 aromatic heterocycles. The van der Waals surface area contributed by atoms with Gasteiger partial charge in [-0.1, -0.05) is 48.0 Å². The van der Waals surface area contributed by atoms with Crippen LogP contribution in [0.4, 0.5) is 0 Å². The van der Waals surface area contributed by atoms with E-state index in [9.17, 15) is 5.11 Å². The number of aliphatic hydroxyl groups excluding tert-OH is 1. The van der Waals surface area contributed by atoms with Crippen molar-refractivity contribution in [1.29, 1.82) is 0 Å². The summed E-state index contributed by atoms with van der Waals surface area (Å²) in [5, 5.41) is 18.0. The summed E-state index contributed by atoms with van der Waals surface area (Å²) < 4.78 is 1.85. The Labute approximate surface area is 136 Å². The number of hydrogen-bond acceptors (Lipinski definition) is 3. The van der Waals surface area contributed by atoms with Gasteiger partial charge in [0.1, 0.15) is 0 Å². The topological polar surface area (TPSA) is 50.1 Å². The molecule has 0 fully saturated rings. The highest BCUT2D eigenvalue weighted by atomic mass is 16.3. The minimum absolute atomic E-state index is 0.501. The van der Waals surface area contributed by atoms with Crippen molar-refractivity contribution in [2.75, 3.05) is 6.54 Å². The minimum atomic E-state index is -0.508. The fourth-order valence-corrected chi connectivity index (χ4v) is 2.42. The highest BCUT2D eigenvalue weighted by Gasteiger charge is 2.07. The summed E-state index contributed by atoms with van der Waals surface area (Å²) in [5.74, 6) is 0. The summed E-state index contributed by atoms with van der Waals surface area (Å²) in [6.07, 6.45) is 1.44. The SMILES string of the molecule is Cc1ccc(C(O)CNCc2ccn(-c3ccccc3)n2)cc1. The van der Waals surface area contributed by atoms with E-state index < -0.39 is 6.10 Å². The highest BCUT2D eigenvalue weighted by Crippen LogP contribution is 2.13. The van der Waals surface area contributed by atoms with Gasteiger partial charge in [0, 0.05) is 19.3 Å². The van der Waals surface area contributed by atoms with Gasteiger partial charge in [-0.25, -0.2) is 4.68 Å². The van der Waals surface area contributed by atoms with Gasteiger partial charge in [-0.3, -0.25) is 0 Å². The van der Waals surface area contributed by atoms with Gasteiger partial charge in [-0.15, -0.1) is 0 Å². The molecule has 0 saturated carbocycles. The maximum atomic E-state index is 10.2. The van der Waals surface area contributed by atoms with Crippen LogP contribution in [0.5, 0.6) is 0 Å². The van der Waals surface area contributed by atoms with E-state index in [4.69, 9.17) is 0 Å². The van der Waals surface area contributed by atoms with Crippen LogP contribution >= 0.6 is 0 Å². The molecular formula is C19H21N3O. The van der Waals surface area contributed by atoms with Crippen LogP contribution in [0.2, 0.25) is 0 Å². The Morgan fingerprint density at radius 3 is 2.52 bits per heavy atom. The third-order valence-corrected chi connectivity index (χ3v) is 3.77. The summed E-state index contributed by atoms with van der Waals surface area (Å²) in [7, 11) is 0. The minimum Gasteiger partial charge on any atom is -0.387 e. The van der Waals surface area contributed by atoms with E-state index in [-0.39, 0.29) is 0 Å². The van der Waals surface area contributed by atoms with Crippen molar-refractivity contribution in [2.45, 2.75) is 19.6 Å². The van der Waals surface area contributed by atoms with Gasteiger partial charge in [0.15, 0.2) is 0 Å². The number of aliphatic hydroxyl groups is 1. The molecule has 0 spiro atoms. The molecule has 0 bridgehead atoms. The Morgan fingerprint density at radius 2 is 1.78 bits per heavy atom. The second-order valence-electron chi connectivity index (χ2n) is 5.64. The average molecular weight is 307 g/mol. The van der Waals surface area contributed by atoms with Crippen molar-refractivity contribution >= 4 is 0 Å². The molecule has 0 saturated heterocycles. The van der Waals surface area contributed by atoms with Crippen LogP contribution in [0.3, 0.4) is 0 Å². The first-order valence-electron chi connectivity index (χ1n) is 7.78. The molecule has 23 heavy (non-hydrogen) atoms. The number of rotatable bonds is 6. The molecule has 1 atom stereocenters. The van der Waals surface area contributed by atoms with Crippen LogP contribution in [0.25, 0.3) is 5.69 Å². The molecule has 1 heterocycles. The number of aryl methyl sites for hydroxylation is 1. The molecule has 2 N–H and O–H groups in total. The van der Waals surface area contributed by atoms with E-state index in [1.165, 1.54) is 5.56 Å². The number of benzene rings is 2. The Morgan fingerprint density at radius 1 is 1.04 bits per heavy atom. The zero-order valence-corrected chi connectivity index (χ0v) is 13.2. The number of nitrogens with one attached hydrogen (secondary N) is 1. The highest BCUT2D eigenvalue weighted by molar-refractivity contribution is 5.30. The van der Waals surface area contributed by atoms with E-state index >= 15 is 0 Å². The molecule has 4 nitrogen and oxygen atoms in total. The van der Waals surface area contributed by atoms with Crippen molar-refractivity contribution in [3.8, 4) is 5.69 Å². The van der Waals surface area contributed by atoms with Gasteiger partial charge in [0.2, 0.25) is 0 Å². The lowest BCUT2D eigenvalue weighted by molar-refractivity contribution is 0.174. The van der Waals surface area contributed by atoms with Crippen molar-refractivity contribution in [3.05, 3.63) is 83.7 Å². The van der Waals surface area contributed by atoms with E-state index in [2.05, 4.69) is 10.4 Å². The zero-order chi connectivity index (χ0) is 16.1. The van der Waals surface area contributed by atoms with E-state index in [0.29, 0.717) is 13.1 Å². The van der Waals surface area contributed by atoms with Crippen LogP contribution in [-0.4, -0.2) is 21.4 Å². The second-order valence-corrected chi connectivity index (χ2v) is 5.64. The summed E-state index contributed by atoms with van der Waals surface area (Å²) in [4.78, 5) is 0. The van der Waals surface area contributed by atoms with Crippen LogP contribution in [-0.2, 0) is 6.54 Å². The zero-order valence-electron chi connectivity index (χ0n) is 13.2. The van der Waals surface area contributed by atoms with Crippen molar-refractivity contribution in [3.63, 3.8) is 0 Å². The van der Waals surface area contributed by atoms with Crippen molar-refractivity contribution in [1.82, 2.24) is 15.1 Å². The molecule has 0 aliphatic rings. The number of nitrogens with zero attached hydrogens (tertiary/aromatic N) is 2. The predicted molar refractivity (Wildman–Crippen MR) is 91.4 cm³/mol. The van der Waals surface area contributed by atoms with Crippen LogP contribution in [0.15, 0.2) is 66.9 Å². The number of hydrogen-bond donors (Lipinski definition) is 2. The molecule has 0 aliphatic carbocycles. The van der Waals surface area contributed by atoms with Crippen LogP contribution in [0.1, 0.15) is 22.9 Å². The first kappa shape index (κ1) is 15.5. The Hall–Kier alpha value is -2.43. The van der Waals surface area contributed by atoms with Gasteiger partial charge < -0.3 is 10.4 Å². The average Bonchev–Trinajstić information content (AvgIpc) is 3.05. The van der Waals surface area contributed by atoms with Gasteiger partial charge in [0.25, 0.3) is 0 Å². The van der Waals surface area contributed by atoms with Gasteiger partial charge in [-0.05, 0) is 30.7 Å². The lowest BCUT2D eigenvalue weighted by Gasteiger charge is -2.11. The monoisotopic (exact) mass is 307 g/mol. The first-order chi connectivity index (χ1) is 11.2. The normalized spacial score (nSPS) is 12.3. The fraction of sp³-hybridized carbons (Fsp3) is 0.211. The molecule has 0 aliphatic heterocycles. The van der Waals surface area contributed by atoms with Gasteiger partial charge in [-0.2, -0.15) is 5.10 Å². The third kappa shape index (κ3) is 4.06. The maximum absolute atomic E-state index is 10.2. The number of para-hydroxylation sites is 1. The Bertz CT molecular complexity index is 735. The van der Waals surface area contributed by atoms with Gasteiger partial charge in [0.05, 0.1) is 17.5 Å². The lowest BCUT2D eigenvalue weighted by Crippen LogP contribution is -2.21. The molecule has 118 valence electrons. The van der Waals surface area contributed by atoms with E-state index in [1.807, 2.05) is 78.5 Å². The number of aromatic nitrogens is 2. The Balaban J connectivity index is 1.53. The Kier molecular flexibility index (Phi) is 4.86. The van der Waals surface area contributed by atoms with Crippen molar-refractivity contribution < 1.29 is 5.11 Å². The second kappa shape index (κ2) is 7.22. The first-order valence-corrected chi connectivity index (χ1v) is 7.78. The van der Waals surface area contributed by atoms with Crippen LogP contribution < -0.4 is 5.32 Å².